The van der Waals surface area contributed by atoms with Gasteiger partial charge in [0, 0.05) is 23.7 Å². The molecule has 0 atom stereocenters. The van der Waals surface area contributed by atoms with Crippen molar-refractivity contribution in [3.8, 4) is 11.5 Å². The zero-order chi connectivity index (χ0) is 26.4. The summed E-state index contributed by atoms with van der Waals surface area (Å²) < 4.78 is 8.09. The van der Waals surface area contributed by atoms with E-state index in [-0.39, 0.29) is 31.5 Å². The monoisotopic (exact) mass is 521 g/mol. The Morgan fingerprint density at radius 2 is 1.73 bits per heavy atom. The minimum Gasteiger partial charge on any atom is -0.481 e. The number of aryl methyl sites for hydroxylation is 1. The summed E-state index contributed by atoms with van der Waals surface area (Å²) in [4.78, 5) is 48.2. The van der Waals surface area contributed by atoms with Crippen LogP contribution in [0.1, 0.15) is 24.1 Å². The fraction of sp³-hybridized carbons (Fsp3) is 0.192. The summed E-state index contributed by atoms with van der Waals surface area (Å²) in [6.45, 7) is 1.96. The molecule has 0 saturated carbocycles. The van der Waals surface area contributed by atoms with Crippen LogP contribution in [0.3, 0.4) is 0 Å². The summed E-state index contributed by atoms with van der Waals surface area (Å²) in [6.07, 6.45) is 1.60. The van der Waals surface area contributed by atoms with Gasteiger partial charge >= 0.3 is 17.3 Å². The van der Waals surface area contributed by atoms with Gasteiger partial charge in [-0.15, -0.1) is 0 Å². The largest absolute Gasteiger partial charge is 0.481 e. The summed E-state index contributed by atoms with van der Waals surface area (Å²) in [5.41, 5.74) is 0.908. The zero-order valence-electron chi connectivity index (χ0n) is 19.9. The fourth-order valence-electron chi connectivity index (χ4n) is 3.50. The van der Waals surface area contributed by atoms with E-state index in [1.54, 1.807) is 54.7 Å². The van der Waals surface area contributed by atoms with Crippen molar-refractivity contribution in [3.63, 3.8) is 0 Å². The molecule has 2 N–H and O–H groups in total. The molecular weight excluding hydrogens is 498 g/mol. The zero-order valence-corrected chi connectivity index (χ0v) is 20.7. The second-order valence-corrected chi connectivity index (χ2v) is 8.68. The number of benzene rings is 2. The number of aliphatic carboxylic acids is 1. The maximum absolute atomic E-state index is 13.3. The van der Waals surface area contributed by atoms with E-state index in [0.717, 1.165) is 15.8 Å². The number of ether oxygens (including phenoxy) is 1. The molecule has 11 heteroatoms. The second-order valence-electron chi connectivity index (χ2n) is 8.24. The number of pyridine rings is 1. The Kier molecular flexibility index (Phi) is 7.99. The Morgan fingerprint density at radius 1 is 1.03 bits per heavy atom. The number of aromatic nitrogens is 4. The smallest absolute Gasteiger partial charge is 0.335 e. The Bertz CT molecular complexity index is 1570. The number of halogens is 1. The second kappa shape index (κ2) is 11.5. The van der Waals surface area contributed by atoms with Crippen molar-refractivity contribution < 1.29 is 14.6 Å². The summed E-state index contributed by atoms with van der Waals surface area (Å²) in [6, 6.07) is 17.4. The minimum absolute atomic E-state index is 0.0404. The molecule has 0 fully saturated rings. The molecule has 2 aromatic carbocycles. The number of carboxylic acids is 1. The molecule has 0 aliphatic carbocycles. The Labute approximate surface area is 216 Å². The van der Waals surface area contributed by atoms with Gasteiger partial charge in [-0.1, -0.05) is 23.7 Å². The number of carboxylic acid groups (broad SMARTS) is 1. The quantitative estimate of drug-likeness (QED) is 0.346. The van der Waals surface area contributed by atoms with Gasteiger partial charge in [-0.05, 0) is 67.4 Å². The molecule has 0 saturated heterocycles. The molecule has 0 bridgehead atoms. The van der Waals surface area contributed by atoms with Crippen LogP contribution < -0.4 is 21.7 Å². The van der Waals surface area contributed by atoms with Crippen molar-refractivity contribution in [1.82, 2.24) is 19.1 Å². The van der Waals surface area contributed by atoms with Gasteiger partial charge in [-0.25, -0.2) is 19.1 Å². The highest BCUT2D eigenvalue weighted by Gasteiger charge is 2.11. The molecule has 37 heavy (non-hydrogen) atoms. The number of H-pyrrole nitrogens is 1. The summed E-state index contributed by atoms with van der Waals surface area (Å²) in [5.74, 6) is 0.157. The summed E-state index contributed by atoms with van der Waals surface area (Å²) in [7, 11) is 0. The van der Waals surface area contributed by atoms with Gasteiger partial charge < -0.3 is 9.84 Å². The van der Waals surface area contributed by atoms with E-state index in [9.17, 15) is 14.4 Å². The number of nitrogens with zero attached hydrogens (tertiary/aromatic N) is 4. The third kappa shape index (κ3) is 6.83. The average molecular weight is 522 g/mol. The summed E-state index contributed by atoms with van der Waals surface area (Å²) in [5, 5.41) is 9.46. The van der Waals surface area contributed by atoms with E-state index in [2.05, 4.69) is 15.0 Å². The maximum Gasteiger partial charge on any atom is 0.335 e. The normalized spacial score (nSPS) is 11.5. The Balaban J connectivity index is 1.69. The molecule has 0 spiro atoms. The molecule has 190 valence electrons. The number of rotatable bonds is 9. The average Bonchev–Trinajstić information content (AvgIpc) is 2.87. The van der Waals surface area contributed by atoms with Crippen LogP contribution in [0.5, 0.6) is 11.5 Å². The van der Waals surface area contributed by atoms with E-state index in [1.807, 2.05) is 19.1 Å². The van der Waals surface area contributed by atoms with E-state index in [0.29, 0.717) is 22.2 Å². The first kappa shape index (κ1) is 25.6. The SMILES string of the molecule is Cc1ccc(Oc2ccc(/N=c3\[nH]c(=O)n(CCCC(=O)O)c(=O)n3Cc3ccc(Cl)cc3)cc2)cn1. The van der Waals surface area contributed by atoms with Crippen molar-refractivity contribution >= 4 is 23.3 Å². The first-order valence-corrected chi connectivity index (χ1v) is 11.8. The third-order valence-electron chi connectivity index (χ3n) is 5.40. The van der Waals surface area contributed by atoms with E-state index < -0.39 is 17.3 Å². The van der Waals surface area contributed by atoms with Crippen LogP contribution in [0.15, 0.2) is 81.4 Å². The standard InChI is InChI=1S/C26H24ClN5O5/c1-17-4-11-22(15-28-17)37-21-12-9-20(10-13-21)29-24-30-25(35)31(14-2-3-23(33)34)26(36)32(24)16-18-5-7-19(27)8-6-18/h4-13,15H,2-3,14,16H2,1H3,(H,33,34)(H,29,30,35). The molecule has 0 radical (unpaired) electrons. The van der Waals surface area contributed by atoms with Crippen LogP contribution in [0.25, 0.3) is 0 Å². The maximum atomic E-state index is 13.3. The van der Waals surface area contributed by atoms with E-state index >= 15 is 0 Å². The molecule has 2 aromatic heterocycles. The number of hydrogen-bond donors (Lipinski definition) is 2. The van der Waals surface area contributed by atoms with Gasteiger partial charge in [0.2, 0.25) is 5.62 Å². The fourth-order valence-corrected chi connectivity index (χ4v) is 3.63. The van der Waals surface area contributed by atoms with Crippen molar-refractivity contribution in [2.45, 2.75) is 32.9 Å². The van der Waals surface area contributed by atoms with Crippen LogP contribution >= 0.6 is 11.6 Å². The van der Waals surface area contributed by atoms with Crippen molar-refractivity contribution in [1.29, 1.82) is 0 Å². The lowest BCUT2D eigenvalue weighted by Crippen LogP contribution is -2.50. The first-order chi connectivity index (χ1) is 17.8. The third-order valence-corrected chi connectivity index (χ3v) is 5.65. The highest BCUT2D eigenvalue weighted by Crippen LogP contribution is 2.23. The minimum atomic E-state index is -1.00. The van der Waals surface area contributed by atoms with Gasteiger partial charge in [0.1, 0.15) is 11.5 Å². The van der Waals surface area contributed by atoms with Crippen LogP contribution in [-0.4, -0.2) is 30.2 Å². The summed E-state index contributed by atoms with van der Waals surface area (Å²) >= 11 is 5.98. The van der Waals surface area contributed by atoms with Crippen LogP contribution in [0, 0.1) is 6.92 Å². The first-order valence-electron chi connectivity index (χ1n) is 11.4. The molecule has 10 nitrogen and oxygen atoms in total. The van der Waals surface area contributed by atoms with Gasteiger partial charge in [0.25, 0.3) is 0 Å². The molecule has 0 aliphatic heterocycles. The lowest BCUT2D eigenvalue weighted by molar-refractivity contribution is -0.137. The number of hydrogen-bond acceptors (Lipinski definition) is 6. The van der Waals surface area contributed by atoms with Crippen LogP contribution in [0.4, 0.5) is 5.69 Å². The molecule has 0 unspecified atom stereocenters. The number of carbonyl (C=O) groups is 1. The number of nitrogens with one attached hydrogen (secondary N) is 1. The van der Waals surface area contributed by atoms with Gasteiger partial charge in [0.05, 0.1) is 18.4 Å². The van der Waals surface area contributed by atoms with Crippen LogP contribution in [-0.2, 0) is 17.9 Å². The predicted octanol–water partition coefficient (Wildman–Crippen LogP) is 3.63. The number of aromatic amines is 1. The van der Waals surface area contributed by atoms with E-state index in [1.165, 1.54) is 4.57 Å². The molecular formula is C26H24ClN5O5. The molecule has 2 heterocycles. The molecule has 0 amide bonds. The van der Waals surface area contributed by atoms with Crippen molar-refractivity contribution in [2.75, 3.05) is 0 Å². The lowest BCUT2D eigenvalue weighted by atomic mass is 10.2. The van der Waals surface area contributed by atoms with Gasteiger partial charge in [-0.3, -0.25) is 19.3 Å². The van der Waals surface area contributed by atoms with Crippen molar-refractivity contribution in [3.05, 3.63) is 110 Å². The van der Waals surface area contributed by atoms with Crippen molar-refractivity contribution in [2.24, 2.45) is 4.99 Å². The Hall–Kier alpha value is -4.44. The topological polar surface area (TPSA) is 132 Å². The van der Waals surface area contributed by atoms with Gasteiger partial charge in [-0.2, -0.15) is 0 Å². The van der Waals surface area contributed by atoms with E-state index in [4.69, 9.17) is 21.4 Å². The van der Waals surface area contributed by atoms with Crippen LogP contribution in [0.2, 0.25) is 5.02 Å². The molecule has 4 aromatic rings. The highest BCUT2D eigenvalue weighted by atomic mass is 35.5. The molecule has 0 aliphatic rings. The predicted molar refractivity (Wildman–Crippen MR) is 137 cm³/mol. The lowest BCUT2D eigenvalue weighted by Gasteiger charge is -2.11. The van der Waals surface area contributed by atoms with Gasteiger partial charge in [0.15, 0.2) is 0 Å². The highest BCUT2D eigenvalue weighted by molar-refractivity contribution is 6.30. The molecule has 4 rings (SSSR count). The Morgan fingerprint density at radius 3 is 2.38 bits per heavy atom.